The summed E-state index contributed by atoms with van der Waals surface area (Å²) in [5.74, 6) is 0.467. The maximum absolute atomic E-state index is 5.30. The molecule has 0 saturated heterocycles. The van der Waals surface area contributed by atoms with E-state index in [-0.39, 0.29) is 5.95 Å². The Hall–Kier alpha value is -1.91. The molecule has 5 heteroatoms. The van der Waals surface area contributed by atoms with Crippen LogP contribution in [-0.4, -0.2) is 15.1 Å². The van der Waals surface area contributed by atoms with Crippen LogP contribution >= 0.6 is 0 Å². The maximum atomic E-state index is 5.30. The van der Waals surface area contributed by atoms with Gasteiger partial charge in [-0.1, -0.05) is 26.3 Å². The van der Waals surface area contributed by atoms with Crippen LogP contribution in [0.2, 0.25) is 0 Å². The van der Waals surface area contributed by atoms with Crippen LogP contribution in [0.3, 0.4) is 0 Å². The van der Waals surface area contributed by atoms with Crippen molar-refractivity contribution in [3.05, 3.63) is 23.9 Å². The van der Waals surface area contributed by atoms with Crippen LogP contribution in [0.1, 0.15) is 25.8 Å². The summed E-state index contributed by atoms with van der Waals surface area (Å²) < 4.78 is 4.84. The molecule has 0 unspecified atom stereocenters. The monoisotopic (exact) mass is 220 g/mol. The van der Waals surface area contributed by atoms with Crippen LogP contribution < -0.4 is 5.73 Å². The first-order valence-electron chi connectivity index (χ1n) is 5.19. The Kier molecular flexibility index (Phi) is 4.44. The molecule has 5 nitrogen and oxygen atoms in total. The van der Waals surface area contributed by atoms with Gasteiger partial charge in [-0.05, 0) is 23.7 Å². The van der Waals surface area contributed by atoms with Crippen molar-refractivity contribution in [1.82, 2.24) is 15.1 Å². The first-order valence-corrected chi connectivity index (χ1v) is 5.19. The Morgan fingerprint density at radius 1 is 1.31 bits per heavy atom. The van der Waals surface area contributed by atoms with E-state index in [0.29, 0.717) is 11.6 Å². The maximum Gasteiger partial charge on any atom is 0.278 e. The van der Waals surface area contributed by atoms with E-state index in [1.54, 1.807) is 6.20 Å². The van der Waals surface area contributed by atoms with Gasteiger partial charge < -0.3 is 10.3 Å². The number of nitrogens with zero attached hydrogens (tertiary/aromatic N) is 3. The summed E-state index contributed by atoms with van der Waals surface area (Å²) in [5.41, 5.74) is 7.02. The number of hydrogen-bond donors (Lipinski definition) is 1. The smallest absolute Gasteiger partial charge is 0.278 e. The summed E-state index contributed by atoms with van der Waals surface area (Å²) in [6.45, 7) is 6.21. The number of pyridine rings is 1. The fourth-order valence-electron chi connectivity index (χ4n) is 0.933. The first kappa shape index (κ1) is 12.2. The summed E-state index contributed by atoms with van der Waals surface area (Å²) in [7, 11) is 0. The summed E-state index contributed by atoms with van der Waals surface area (Å²) >= 11 is 0. The zero-order valence-electron chi connectivity index (χ0n) is 9.77. The van der Waals surface area contributed by atoms with Crippen LogP contribution in [0.4, 0.5) is 5.95 Å². The van der Waals surface area contributed by atoms with Crippen molar-refractivity contribution in [1.29, 1.82) is 0 Å². The fraction of sp³-hybridized carbons (Fsp3) is 0.364. The molecular formula is C11H16N4O. The highest BCUT2D eigenvalue weighted by Crippen LogP contribution is 2.14. The van der Waals surface area contributed by atoms with Crippen LogP contribution in [0.5, 0.6) is 0 Å². The lowest BCUT2D eigenvalue weighted by Gasteiger charge is -1.92. The molecule has 2 rings (SSSR count). The zero-order valence-corrected chi connectivity index (χ0v) is 9.77. The van der Waals surface area contributed by atoms with E-state index in [2.05, 4.69) is 29.0 Å². The van der Waals surface area contributed by atoms with E-state index in [4.69, 9.17) is 10.3 Å². The van der Waals surface area contributed by atoms with Gasteiger partial charge in [-0.3, -0.25) is 4.98 Å². The molecule has 0 fully saturated rings. The van der Waals surface area contributed by atoms with Crippen LogP contribution in [0, 0.1) is 6.92 Å². The van der Waals surface area contributed by atoms with E-state index in [9.17, 15) is 0 Å². The average Bonchev–Trinajstić information content (AvgIpc) is 2.67. The number of nitrogen functional groups attached to an aromatic ring is 1. The van der Waals surface area contributed by atoms with E-state index >= 15 is 0 Å². The minimum atomic E-state index is 0.123. The van der Waals surface area contributed by atoms with Crippen molar-refractivity contribution in [2.24, 2.45) is 0 Å². The van der Waals surface area contributed by atoms with Gasteiger partial charge in [0.1, 0.15) is 5.69 Å². The molecule has 2 heterocycles. The second-order valence-electron chi connectivity index (χ2n) is 3.39. The Morgan fingerprint density at radius 3 is 2.44 bits per heavy atom. The average molecular weight is 220 g/mol. The van der Waals surface area contributed by atoms with Crippen LogP contribution in [0.25, 0.3) is 11.6 Å². The molecule has 0 bridgehead atoms. The van der Waals surface area contributed by atoms with Gasteiger partial charge in [0.15, 0.2) is 0 Å². The number of anilines is 1. The summed E-state index contributed by atoms with van der Waals surface area (Å²) in [6.07, 6.45) is 2.98. The van der Waals surface area contributed by atoms with Gasteiger partial charge in [0.2, 0.25) is 0 Å². The first-order chi connectivity index (χ1) is 7.67. The van der Waals surface area contributed by atoms with E-state index in [1.165, 1.54) is 6.42 Å². The summed E-state index contributed by atoms with van der Waals surface area (Å²) in [6, 6.07) is 3.73. The van der Waals surface area contributed by atoms with Crippen LogP contribution in [-0.2, 0) is 0 Å². The topological polar surface area (TPSA) is 77.8 Å². The molecule has 86 valence electrons. The van der Waals surface area contributed by atoms with E-state index in [1.807, 2.05) is 19.1 Å². The molecular weight excluding hydrogens is 204 g/mol. The number of rotatable bonds is 1. The van der Waals surface area contributed by atoms with Gasteiger partial charge in [0, 0.05) is 6.20 Å². The van der Waals surface area contributed by atoms with Crippen molar-refractivity contribution in [3.8, 4) is 11.6 Å². The van der Waals surface area contributed by atoms with Gasteiger partial charge in [-0.15, -0.1) is 0 Å². The highest BCUT2D eigenvalue weighted by atomic mass is 16.5. The molecule has 0 aliphatic heterocycles. The normalized spacial score (nSPS) is 9.44. The van der Waals surface area contributed by atoms with E-state index in [0.717, 1.165) is 5.56 Å². The highest BCUT2D eigenvalue weighted by Gasteiger charge is 2.06. The predicted molar refractivity (Wildman–Crippen MR) is 62.6 cm³/mol. The molecule has 0 saturated carbocycles. The summed E-state index contributed by atoms with van der Waals surface area (Å²) in [5, 5.41) is 3.47. The second kappa shape index (κ2) is 5.85. The SMILES string of the molecule is CCC.Cc1ccc(-c2nc(N)no2)nc1. The van der Waals surface area contributed by atoms with Crippen LogP contribution in [0.15, 0.2) is 22.9 Å². The Balaban J connectivity index is 0.000000386. The molecule has 16 heavy (non-hydrogen) atoms. The largest absolute Gasteiger partial charge is 0.365 e. The molecule has 0 atom stereocenters. The lowest BCUT2D eigenvalue weighted by Crippen LogP contribution is -1.87. The van der Waals surface area contributed by atoms with Crippen molar-refractivity contribution >= 4 is 5.95 Å². The Morgan fingerprint density at radius 2 is 2.00 bits per heavy atom. The van der Waals surface area contributed by atoms with E-state index < -0.39 is 0 Å². The molecule has 0 amide bonds. The lowest BCUT2D eigenvalue weighted by atomic mass is 10.3. The third-order valence-electron chi connectivity index (χ3n) is 1.57. The lowest BCUT2D eigenvalue weighted by molar-refractivity contribution is 0.431. The molecule has 2 N–H and O–H groups in total. The van der Waals surface area contributed by atoms with Crippen molar-refractivity contribution in [2.75, 3.05) is 5.73 Å². The van der Waals surface area contributed by atoms with Gasteiger partial charge in [-0.2, -0.15) is 4.98 Å². The quantitative estimate of drug-likeness (QED) is 0.798. The van der Waals surface area contributed by atoms with Crippen molar-refractivity contribution < 1.29 is 4.52 Å². The number of nitrogens with two attached hydrogens (primary N) is 1. The standard InChI is InChI=1S/C8H8N4O.C3H8/c1-5-2-3-6(10-4-5)7-11-8(9)12-13-7;1-3-2/h2-4H,1H3,(H2,9,12);3H2,1-2H3. The third kappa shape index (κ3) is 3.34. The molecule has 0 spiro atoms. The molecule has 0 aliphatic carbocycles. The van der Waals surface area contributed by atoms with Gasteiger partial charge in [0.25, 0.3) is 11.8 Å². The Bertz CT molecular complexity index is 422. The number of aromatic nitrogens is 3. The Labute approximate surface area is 94.7 Å². The minimum Gasteiger partial charge on any atom is -0.365 e. The minimum absolute atomic E-state index is 0.123. The van der Waals surface area contributed by atoms with Gasteiger partial charge in [0.05, 0.1) is 0 Å². The number of hydrogen-bond acceptors (Lipinski definition) is 5. The highest BCUT2D eigenvalue weighted by molar-refractivity contribution is 5.47. The fourth-order valence-corrected chi connectivity index (χ4v) is 0.933. The molecule has 0 aromatic carbocycles. The molecule has 0 aliphatic rings. The molecule has 2 aromatic heterocycles. The van der Waals surface area contributed by atoms with Crippen molar-refractivity contribution in [3.63, 3.8) is 0 Å². The zero-order chi connectivity index (χ0) is 12.0. The van der Waals surface area contributed by atoms with Gasteiger partial charge in [-0.25, -0.2) is 0 Å². The molecule has 0 radical (unpaired) electrons. The second-order valence-corrected chi connectivity index (χ2v) is 3.39. The van der Waals surface area contributed by atoms with Gasteiger partial charge >= 0.3 is 0 Å². The summed E-state index contributed by atoms with van der Waals surface area (Å²) in [4.78, 5) is 7.96. The number of aryl methyl sites for hydroxylation is 1. The third-order valence-corrected chi connectivity index (χ3v) is 1.57. The predicted octanol–water partition coefficient (Wildman–Crippen LogP) is 2.44. The van der Waals surface area contributed by atoms with Crippen molar-refractivity contribution in [2.45, 2.75) is 27.2 Å². The molecule has 2 aromatic rings.